The van der Waals surface area contributed by atoms with E-state index in [1.807, 2.05) is 32.0 Å². The van der Waals surface area contributed by atoms with Crippen LogP contribution in [0.1, 0.15) is 22.8 Å². The summed E-state index contributed by atoms with van der Waals surface area (Å²) >= 11 is 0. The van der Waals surface area contributed by atoms with Gasteiger partial charge in [0.2, 0.25) is 0 Å². The first-order valence-electron chi connectivity index (χ1n) is 4.40. The predicted octanol–water partition coefficient (Wildman–Crippen LogP) is 2.65. The zero-order chi connectivity index (χ0) is 10.6. The van der Waals surface area contributed by atoms with Crippen molar-refractivity contribution >= 4 is 0 Å². The van der Waals surface area contributed by atoms with E-state index in [2.05, 4.69) is 10.0 Å². The molecular weight excluding hydrogens is 178 g/mol. The van der Waals surface area contributed by atoms with E-state index in [1.54, 1.807) is 0 Å². The highest BCUT2D eigenvalue weighted by Gasteiger charge is 2.06. The number of aliphatic hydroxyl groups excluding tert-OH is 1. The fraction of sp³-hybridized carbons (Fsp3) is 0.400. The third-order valence-corrected chi connectivity index (χ3v) is 1.95. The van der Waals surface area contributed by atoms with Crippen LogP contribution in [0, 0.1) is 13.8 Å². The van der Waals surface area contributed by atoms with Crippen LogP contribution in [-0.2, 0) is 0 Å². The van der Waals surface area contributed by atoms with Gasteiger partial charge in [0.1, 0.15) is 0 Å². The van der Waals surface area contributed by atoms with Crippen LogP contribution < -0.4 is 0 Å². The van der Waals surface area contributed by atoms with Gasteiger partial charge < -0.3 is 5.11 Å². The lowest BCUT2D eigenvalue weighted by atomic mass is 10.0. The Labute approximate surface area is 82.8 Å². The first kappa shape index (κ1) is 10.6. The second-order valence-electron chi connectivity index (χ2n) is 3.35. The first-order chi connectivity index (χ1) is 6.63. The van der Waals surface area contributed by atoms with Gasteiger partial charge in [0.25, 0.3) is 0 Å². The highest BCUT2D eigenvalue weighted by Crippen LogP contribution is 2.17. The lowest BCUT2D eigenvalue weighted by molar-refractivity contribution is 0.186. The van der Waals surface area contributed by atoms with Gasteiger partial charge in [-0.3, -0.25) is 0 Å². The summed E-state index contributed by atoms with van der Waals surface area (Å²) < 4.78 is 0. The van der Waals surface area contributed by atoms with Gasteiger partial charge in [0.15, 0.2) is 0 Å². The van der Waals surface area contributed by atoms with Gasteiger partial charge in [0.05, 0.1) is 12.6 Å². The summed E-state index contributed by atoms with van der Waals surface area (Å²) in [7, 11) is 0. The number of azide groups is 1. The maximum absolute atomic E-state index is 9.64. The van der Waals surface area contributed by atoms with Crippen LogP contribution in [0.5, 0.6) is 0 Å². The lowest BCUT2D eigenvalue weighted by Gasteiger charge is -2.09. The molecule has 0 amide bonds. The van der Waals surface area contributed by atoms with Crippen LogP contribution in [0.15, 0.2) is 23.3 Å². The molecule has 0 heterocycles. The average Bonchev–Trinajstić information content (AvgIpc) is 2.12. The summed E-state index contributed by atoms with van der Waals surface area (Å²) in [5.74, 6) is 0. The van der Waals surface area contributed by atoms with Crippen molar-refractivity contribution in [3.63, 3.8) is 0 Å². The quantitative estimate of drug-likeness (QED) is 0.445. The molecule has 74 valence electrons. The van der Waals surface area contributed by atoms with Crippen molar-refractivity contribution in [2.24, 2.45) is 5.11 Å². The number of aliphatic hydroxyl groups is 1. The van der Waals surface area contributed by atoms with E-state index in [-0.39, 0.29) is 6.54 Å². The zero-order valence-electron chi connectivity index (χ0n) is 8.31. The Hall–Kier alpha value is -1.51. The molecule has 1 atom stereocenters. The molecule has 14 heavy (non-hydrogen) atoms. The normalized spacial score (nSPS) is 11.9. The first-order valence-corrected chi connectivity index (χ1v) is 4.40. The molecule has 1 rings (SSSR count). The summed E-state index contributed by atoms with van der Waals surface area (Å²) in [6.07, 6.45) is -0.704. The molecule has 0 spiro atoms. The lowest BCUT2D eigenvalue weighted by Crippen LogP contribution is -2.01. The van der Waals surface area contributed by atoms with Gasteiger partial charge >= 0.3 is 0 Å². The molecule has 0 bridgehead atoms. The van der Waals surface area contributed by atoms with Crippen molar-refractivity contribution in [1.29, 1.82) is 0 Å². The molecule has 0 saturated heterocycles. The van der Waals surface area contributed by atoms with Crippen molar-refractivity contribution in [1.82, 2.24) is 0 Å². The molecule has 0 aliphatic rings. The fourth-order valence-corrected chi connectivity index (χ4v) is 1.42. The van der Waals surface area contributed by atoms with Crippen LogP contribution in [-0.4, -0.2) is 11.7 Å². The Balaban J connectivity index is 2.88. The minimum Gasteiger partial charge on any atom is -0.388 e. The number of hydrogen-bond donors (Lipinski definition) is 1. The van der Waals surface area contributed by atoms with Gasteiger partial charge in [-0.15, -0.1) is 0 Å². The summed E-state index contributed by atoms with van der Waals surface area (Å²) in [6.45, 7) is 4.02. The molecule has 1 aromatic carbocycles. The van der Waals surface area contributed by atoms with Gasteiger partial charge in [-0.1, -0.05) is 34.4 Å². The standard InChI is InChI=1S/C10H13N3O/c1-7-3-8(2)5-9(4-7)10(14)6-12-13-11/h3-5,10,14H,6H2,1-2H3. The van der Waals surface area contributed by atoms with E-state index < -0.39 is 6.10 Å². The van der Waals surface area contributed by atoms with Crippen LogP contribution in [0.4, 0.5) is 0 Å². The Morgan fingerprint density at radius 1 is 1.36 bits per heavy atom. The molecule has 0 aliphatic carbocycles. The van der Waals surface area contributed by atoms with Gasteiger partial charge in [0, 0.05) is 4.91 Å². The fourth-order valence-electron chi connectivity index (χ4n) is 1.42. The number of rotatable bonds is 3. The minimum atomic E-state index is -0.704. The van der Waals surface area contributed by atoms with E-state index >= 15 is 0 Å². The summed E-state index contributed by atoms with van der Waals surface area (Å²) in [5.41, 5.74) is 11.1. The summed E-state index contributed by atoms with van der Waals surface area (Å²) in [5, 5.41) is 13.0. The van der Waals surface area contributed by atoms with Crippen molar-refractivity contribution in [3.8, 4) is 0 Å². The third kappa shape index (κ3) is 2.76. The van der Waals surface area contributed by atoms with Crippen LogP contribution in [0.2, 0.25) is 0 Å². The van der Waals surface area contributed by atoms with Crippen LogP contribution in [0.3, 0.4) is 0 Å². The molecule has 1 unspecified atom stereocenters. The summed E-state index contributed by atoms with van der Waals surface area (Å²) in [6, 6.07) is 5.82. The summed E-state index contributed by atoms with van der Waals surface area (Å²) in [4.78, 5) is 2.61. The second kappa shape index (κ2) is 4.65. The predicted molar refractivity (Wildman–Crippen MR) is 54.9 cm³/mol. The van der Waals surface area contributed by atoms with Crippen molar-refractivity contribution in [3.05, 3.63) is 45.3 Å². The maximum Gasteiger partial charge on any atom is 0.0846 e. The highest BCUT2D eigenvalue weighted by atomic mass is 16.3. The SMILES string of the molecule is Cc1cc(C)cc(C(O)CN=[N+]=[N-])c1. The van der Waals surface area contributed by atoms with E-state index in [4.69, 9.17) is 5.53 Å². The molecule has 0 radical (unpaired) electrons. The van der Waals surface area contributed by atoms with E-state index in [0.29, 0.717) is 0 Å². The Bertz CT molecular complexity index is 349. The average molecular weight is 191 g/mol. The van der Waals surface area contributed by atoms with Crippen molar-refractivity contribution < 1.29 is 5.11 Å². The molecule has 0 saturated carbocycles. The largest absolute Gasteiger partial charge is 0.388 e. The molecule has 1 N–H and O–H groups in total. The van der Waals surface area contributed by atoms with Crippen molar-refractivity contribution in [2.75, 3.05) is 6.54 Å². The zero-order valence-corrected chi connectivity index (χ0v) is 8.31. The minimum absolute atomic E-state index is 0.0827. The maximum atomic E-state index is 9.64. The van der Waals surface area contributed by atoms with E-state index in [9.17, 15) is 5.11 Å². The van der Waals surface area contributed by atoms with Crippen LogP contribution in [0.25, 0.3) is 10.4 Å². The number of nitrogens with zero attached hydrogens (tertiary/aromatic N) is 3. The second-order valence-corrected chi connectivity index (χ2v) is 3.35. The smallest absolute Gasteiger partial charge is 0.0846 e. The highest BCUT2D eigenvalue weighted by molar-refractivity contribution is 5.30. The molecule has 0 aliphatic heterocycles. The van der Waals surface area contributed by atoms with Crippen LogP contribution >= 0.6 is 0 Å². The molecule has 0 aromatic heterocycles. The van der Waals surface area contributed by atoms with E-state index in [0.717, 1.165) is 16.7 Å². The number of hydrogen-bond acceptors (Lipinski definition) is 2. The number of benzene rings is 1. The molecule has 4 heteroatoms. The molecule has 0 fully saturated rings. The van der Waals surface area contributed by atoms with E-state index in [1.165, 1.54) is 0 Å². The van der Waals surface area contributed by atoms with Gasteiger partial charge in [-0.25, -0.2) is 0 Å². The number of aryl methyl sites for hydroxylation is 2. The molecule has 4 nitrogen and oxygen atoms in total. The molecular formula is C10H13N3O. The monoisotopic (exact) mass is 191 g/mol. The Morgan fingerprint density at radius 2 is 1.93 bits per heavy atom. The van der Waals surface area contributed by atoms with Gasteiger partial charge in [-0.05, 0) is 24.9 Å². The topological polar surface area (TPSA) is 69.0 Å². The van der Waals surface area contributed by atoms with Crippen molar-refractivity contribution in [2.45, 2.75) is 20.0 Å². The molecule has 1 aromatic rings. The Kier molecular flexibility index (Phi) is 3.51. The third-order valence-electron chi connectivity index (χ3n) is 1.95. The Morgan fingerprint density at radius 3 is 2.43 bits per heavy atom. The van der Waals surface area contributed by atoms with Gasteiger partial charge in [-0.2, -0.15) is 0 Å².